The SMILES string of the molecule is CO[C@H]1CN(c2cc(F)c3c(c2)OC[C@H](CC(=O)c2sc4nc(C)ccc4c2N)C3)C[C@@H]1N. The topological polar surface area (TPSA) is 104 Å². The molecule has 4 heterocycles. The van der Waals surface area contributed by atoms with Gasteiger partial charge in [0.15, 0.2) is 5.78 Å². The number of ketones is 1. The van der Waals surface area contributed by atoms with Gasteiger partial charge in [-0.15, -0.1) is 11.3 Å². The molecule has 0 aliphatic carbocycles. The van der Waals surface area contributed by atoms with Gasteiger partial charge in [-0.3, -0.25) is 4.79 Å². The van der Waals surface area contributed by atoms with Crippen LogP contribution in [0.15, 0.2) is 24.3 Å². The summed E-state index contributed by atoms with van der Waals surface area (Å²) in [6.45, 7) is 3.46. The molecule has 4 N–H and O–H groups in total. The van der Waals surface area contributed by atoms with Crippen molar-refractivity contribution in [3.05, 3.63) is 46.2 Å². The lowest BCUT2D eigenvalue weighted by molar-refractivity contribution is 0.0938. The number of hydrogen-bond acceptors (Lipinski definition) is 8. The lowest BCUT2D eigenvalue weighted by Crippen LogP contribution is -2.34. The van der Waals surface area contributed by atoms with Crippen LogP contribution < -0.4 is 21.1 Å². The largest absolute Gasteiger partial charge is 0.493 e. The van der Waals surface area contributed by atoms with E-state index in [1.807, 2.05) is 30.0 Å². The van der Waals surface area contributed by atoms with E-state index in [1.54, 1.807) is 7.11 Å². The highest BCUT2D eigenvalue weighted by atomic mass is 32.1. The first-order valence-electron chi connectivity index (χ1n) is 11.0. The number of aryl methyl sites for hydroxylation is 1. The Hall–Kier alpha value is -2.75. The molecule has 2 aliphatic rings. The van der Waals surface area contributed by atoms with Crippen LogP contribution in [0.1, 0.15) is 27.3 Å². The molecular formula is C24H27FN4O3S. The molecule has 0 spiro atoms. The summed E-state index contributed by atoms with van der Waals surface area (Å²) < 4.78 is 26.4. The van der Waals surface area contributed by atoms with Crippen LogP contribution in [-0.2, 0) is 11.2 Å². The van der Waals surface area contributed by atoms with Gasteiger partial charge >= 0.3 is 0 Å². The van der Waals surface area contributed by atoms with E-state index in [-0.39, 0.29) is 36.1 Å². The van der Waals surface area contributed by atoms with Gasteiger partial charge in [-0.1, -0.05) is 0 Å². The van der Waals surface area contributed by atoms with Crippen LogP contribution in [-0.4, -0.2) is 49.7 Å². The minimum absolute atomic E-state index is 0.0566. The molecule has 5 rings (SSSR count). The maximum absolute atomic E-state index is 15.1. The Morgan fingerprint density at radius 3 is 2.94 bits per heavy atom. The number of nitrogens with two attached hydrogens (primary N) is 2. The van der Waals surface area contributed by atoms with E-state index in [0.29, 0.717) is 48.0 Å². The maximum atomic E-state index is 15.1. The predicted octanol–water partition coefficient (Wildman–Crippen LogP) is 3.31. The Morgan fingerprint density at radius 1 is 1.36 bits per heavy atom. The van der Waals surface area contributed by atoms with Gasteiger partial charge in [0.2, 0.25) is 0 Å². The molecule has 0 radical (unpaired) electrons. The first kappa shape index (κ1) is 22.1. The van der Waals surface area contributed by atoms with Crippen molar-refractivity contribution in [3.8, 4) is 5.75 Å². The standard InChI is InChI=1S/C24H27FN4O3S/c1-12-3-4-15-22(27)23(33-24(15)28-12)19(30)6-13-5-16-17(25)7-14(8-20(16)32-11-13)29-9-18(26)21(10-29)31-2/h3-4,7-8,13,18,21H,5-6,9-11,26-27H2,1-2H3/t13-,18-,21-/m0/s1. The zero-order chi connectivity index (χ0) is 23.3. The number of pyridine rings is 1. The van der Waals surface area contributed by atoms with Crippen molar-refractivity contribution in [1.82, 2.24) is 4.98 Å². The molecule has 3 aromatic rings. The third-order valence-electron chi connectivity index (χ3n) is 6.54. The normalized spacial score (nSPS) is 22.4. The summed E-state index contributed by atoms with van der Waals surface area (Å²) in [4.78, 5) is 20.8. The molecule has 7 nitrogen and oxygen atoms in total. The van der Waals surface area contributed by atoms with Gasteiger partial charge in [0, 0.05) is 60.9 Å². The van der Waals surface area contributed by atoms with Crippen LogP contribution in [0.3, 0.4) is 0 Å². The molecular weight excluding hydrogens is 443 g/mol. The lowest BCUT2D eigenvalue weighted by atomic mass is 9.91. The molecule has 2 aliphatic heterocycles. The van der Waals surface area contributed by atoms with E-state index in [0.717, 1.165) is 21.6 Å². The van der Waals surface area contributed by atoms with Crippen molar-refractivity contribution >= 4 is 38.7 Å². The van der Waals surface area contributed by atoms with Gasteiger partial charge in [-0.2, -0.15) is 0 Å². The Labute approximate surface area is 195 Å². The first-order valence-corrected chi connectivity index (χ1v) is 11.8. The molecule has 1 saturated heterocycles. The van der Waals surface area contributed by atoms with Gasteiger partial charge in [0.25, 0.3) is 0 Å². The first-order chi connectivity index (χ1) is 15.8. The number of halogens is 1. The summed E-state index contributed by atoms with van der Waals surface area (Å²) in [6.07, 6.45) is 0.601. The van der Waals surface area contributed by atoms with E-state index >= 15 is 4.39 Å². The van der Waals surface area contributed by atoms with Gasteiger partial charge in [0.05, 0.1) is 29.3 Å². The Kier molecular flexibility index (Phi) is 5.72. The molecule has 0 amide bonds. The monoisotopic (exact) mass is 470 g/mol. The van der Waals surface area contributed by atoms with Gasteiger partial charge < -0.3 is 25.8 Å². The van der Waals surface area contributed by atoms with E-state index in [9.17, 15) is 4.79 Å². The predicted molar refractivity (Wildman–Crippen MR) is 128 cm³/mol. The number of benzene rings is 1. The molecule has 2 aromatic heterocycles. The van der Waals surface area contributed by atoms with Crippen molar-refractivity contribution in [3.63, 3.8) is 0 Å². The smallest absolute Gasteiger partial charge is 0.175 e. The van der Waals surface area contributed by atoms with E-state index in [1.165, 1.54) is 17.4 Å². The average Bonchev–Trinajstić information content (AvgIpc) is 3.33. The number of nitrogen functional groups attached to an aromatic ring is 1. The third kappa shape index (κ3) is 4.05. The summed E-state index contributed by atoms with van der Waals surface area (Å²) in [5, 5.41) is 0.801. The van der Waals surface area contributed by atoms with Crippen molar-refractivity contribution < 1.29 is 18.7 Å². The summed E-state index contributed by atoms with van der Waals surface area (Å²) in [5.74, 6) is 0.0287. The second-order valence-electron chi connectivity index (χ2n) is 8.91. The fourth-order valence-corrected chi connectivity index (χ4v) is 5.79. The van der Waals surface area contributed by atoms with Gasteiger partial charge in [0.1, 0.15) is 16.4 Å². The van der Waals surface area contributed by atoms with Crippen molar-refractivity contribution in [1.29, 1.82) is 0 Å². The van der Waals surface area contributed by atoms with Crippen LogP contribution in [0, 0.1) is 18.7 Å². The number of rotatable bonds is 5. The third-order valence-corrected chi connectivity index (χ3v) is 7.70. The number of carbonyl (C=O) groups excluding carboxylic acids is 1. The molecule has 9 heteroatoms. The molecule has 1 fully saturated rings. The number of ether oxygens (including phenoxy) is 2. The zero-order valence-corrected chi connectivity index (χ0v) is 19.5. The fourth-order valence-electron chi connectivity index (χ4n) is 4.70. The molecule has 1 aromatic carbocycles. The highest BCUT2D eigenvalue weighted by molar-refractivity contribution is 7.21. The van der Waals surface area contributed by atoms with E-state index in [4.69, 9.17) is 20.9 Å². The van der Waals surface area contributed by atoms with Gasteiger partial charge in [-0.05, 0) is 31.5 Å². The molecule has 33 heavy (non-hydrogen) atoms. The highest BCUT2D eigenvalue weighted by Crippen LogP contribution is 2.38. The Morgan fingerprint density at radius 2 is 2.18 bits per heavy atom. The van der Waals surface area contributed by atoms with Gasteiger partial charge in [-0.25, -0.2) is 9.37 Å². The Bertz CT molecular complexity index is 1230. The second-order valence-corrected chi connectivity index (χ2v) is 9.91. The van der Waals surface area contributed by atoms with Crippen molar-refractivity contribution in [2.75, 3.05) is 37.4 Å². The molecule has 3 atom stereocenters. The van der Waals surface area contributed by atoms with Crippen molar-refractivity contribution in [2.24, 2.45) is 11.7 Å². The highest BCUT2D eigenvalue weighted by Gasteiger charge is 2.32. The number of aromatic nitrogens is 1. The number of hydrogen-bond donors (Lipinski definition) is 2. The number of methoxy groups -OCH3 is 1. The second kappa shape index (κ2) is 8.55. The molecule has 0 unspecified atom stereocenters. The number of anilines is 2. The minimum Gasteiger partial charge on any atom is -0.493 e. The molecule has 0 bridgehead atoms. The van der Waals surface area contributed by atoms with Crippen LogP contribution in [0.2, 0.25) is 0 Å². The van der Waals surface area contributed by atoms with E-state index < -0.39 is 0 Å². The average molecular weight is 471 g/mol. The van der Waals surface area contributed by atoms with Crippen molar-refractivity contribution in [2.45, 2.75) is 31.9 Å². The summed E-state index contributed by atoms with van der Waals surface area (Å²) >= 11 is 1.32. The van der Waals surface area contributed by atoms with Crippen LogP contribution in [0.5, 0.6) is 5.75 Å². The zero-order valence-electron chi connectivity index (χ0n) is 18.6. The summed E-state index contributed by atoms with van der Waals surface area (Å²) in [7, 11) is 1.63. The molecule has 0 saturated carbocycles. The summed E-state index contributed by atoms with van der Waals surface area (Å²) in [6, 6.07) is 7.04. The van der Waals surface area contributed by atoms with Crippen LogP contribution in [0.4, 0.5) is 15.8 Å². The number of thiophene rings is 1. The number of nitrogens with zero attached hydrogens (tertiary/aromatic N) is 2. The minimum atomic E-state index is -0.324. The Balaban J connectivity index is 1.31. The lowest BCUT2D eigenvalue weighted by Gasteiger charge is -2.27. The fraction of sp³-hybridized carbons (Fsp3) is 0.417. The summed E-state index contributed by atoms with van der Waals surface area (Å²) in [5.41, 5.74) is 14.9. The van der Waals surface area contributed by atoms with Crippen LogP contribution >= 0.6 is 11.3 Å². The number of Topliss-reactive ketones (excluding diaryl/α,β-unsaturated/α-hetero) is 1. The number of carbonyl (C=O) groups is 1. The maximum Gasteiger partial charge on any atom is 0.175 e. The van der Waals surface area contributed by atoms with Crippen LogP contribution in [0.25, 0.3) is 10.2 Å². The quantitative estimate of drug-likeness (QED) is 0.552. The van der Waals surface area contributed by atoms with E-state index in [2.05, 4.69) is 4.98 Å². The number of fused-ring (bicyclic) bond motifs is 2. The molecule has 174 valence electrons.